The second kappa shape index (κ2) is 11.1. The highest BCUT2D eigenvalue weighted by Gasteiger charge is 2.46. The average Bonchev–Trinajstić information content (AvgIpc) is 2.91. The maximum atomic E-state index is 12.7. The molecule has 3 rings (SSSR count). The second-order valence-corrected chi connectivity index (χ2v) is 9.20. The summed E-state index contributed by atoms with van der Waals surface area (Å²) < 4.78 is 37.0. The minimum Gasteiger partial charge on any atom is -0.497 e. The summed E-state index contributed by atoms with van der Waals surface area (Å²) in [6.45, 7) is 8.45. The van der Waals surface area contributed by atoms with Crippen LogP contribution in [0.15, 0.2) is 24.3 Å². The van der Waals surface area contributed by atoms with Gasteiger partial charge in [-0.05, 0) is 17.7 Å². The van der Waals surface area contributed by atoms with Gasteiger partial charge in [-0.2, -0.15) is 13.2 Å². The summed E-state index contributed by atoms with van der Waals surface area (Å²) in [6, 6.07) is 8.12. The Hall–Kier alpha value is -2.82. The van der Waals surface area contributed by atoms with Crippen molar-refractivity contribution in [3.63, 3.8) is 0 Å². The molecule has 1 spiro atoms. The van der Waals surface area contributed by atoms with Crippen LogP contribution in [0.1, 0.15) is 25.8 Å². The van der Waals surface area contributed by atoms with Crippen LogP contribution in [-0.4, -0.2) is 90.6 Å². The molecule has 34 heavy (non-hydrogen) atoms. The molecule has 2 saturated heterocycles. The Morgan fingerprint density at radius 3 is 2.15 bits per heavy atom. The number of alkyl halides is 3. The number of hydrogen-bond donors (Lipinski definition) is 1. The number of carboxylic acid groups (broad SMARTS) is 1. The Morgan fingerprint density at radius 1 is 1.12 bits per heavy atom. The summed E-state index contributed by atoms with van der Waals surface area (Å²) in [4.78, 5) is 40.1. The normalized spacial score (nSPS) is 21.4. The van der Waals surface area contributed by atoms with Gasteiger partial charge in [0.15, 0.2) is 0 Å². The van der Waals surface area contributed by atoms with Gasteiger partial charge in [0.1, 0.15) is 5.75 Å². The van der Waals surface area contributed by atoms with Crippen molar-refractivity contribution in [3.05, 3.63) is 29.8 Å². The van der Waals surface area contributed by atoms with E-state index >= 15 is 0 Å². The number of aliphatic carboxylic acids is 1. The number of carbonyl (C=O) groups is 3. The van der Waals surface area contributed by atoms with E-state index in [0.29, 0.717) is 26.1 Å². The minimum absolute atomic E-state index is 0.0231. The molecule has 2 amide bonds. The van der Waals surface area contributed by atoms with Crippen LogP contribution in [0.3, 0.4) is 0 Å². The van der Waals surface area contributed by atoms with Gasteiger partial charge < -0.3 is 19.6 Å². The van der Waals surface area contributed by atoms with Crippen molar-refractivity contribution in [2.24, 2.45) is 11.3 Å². The second-order valence-electron chi connectivity index (χ2n) is 9.20. The van der Waals surface area contributed by atoms with E-state index in [2.05, 4.69) is 17.0 Å². The van der Waals surface area contributed by atoms with Gasteiger partial charge >= 0.3 is 12.1 Å². The number of carboxylic acids is 1. The highest BCUT2D eigenvalue weighted by Crippen LogP contribution is 2.35. The van der Waals surface area contributed by atoms with E-state index in [0.717, 1.165) is 25.4 Å². The Kier molecular flexibility index (Phi) is 8.93. The molecule has 0 aromatic heterocycles. The fourth-order valence-corrected chi connectivity index (χ4v) is 4.34. The van der Waals surface area contributed by atoms with Crippen LogP contribution in [0.5, 0.6) is 5.75 Å². The van der Waals surface area contributed by atoms with Crippen LogP contribution in [-0.2, 0) is 20.9 Å². The first-order valence-electron chi connectivity index (χ1n) is 10.9. The van der Waals surface area contributed by atoms with Crippen LogP contribution in [0.2, 0.25) is 0 Å². The average molecular weight is 488 g/mol. The van der Waals surface area contributed by atoms with Crippen molar-refractivity contribution in [3.8, 4) is 5.75 Å². The van der Waals surface area contributed by atoms with Crippen molar-refractivity contribution >= 4 is 17.8 Å². The summed E-state index contributed by atoms with van der Waals surface area (Å²) in [7, 11) is 3.53. The van der Waals surface area contributed by atoms with Crippen molar-refractivity contribution < 1.29 is 37.4 Å². The molecule has 190 valence electrons. The number of amides is 2. The summed E-state index contributed by atoms with van der Waals surface area (Å²) in [5, 5.41) is 7.12. The summed E-state index contributed by atoms with van der Waals surface area (Å²) in [6.07, 6.45) is -4.56. The van der Waals surface area contributed by atoms with Crippen LogP contribution in [0.25, 0.3) is 0 Å². The third-order valence-corrected chi connectivity index (χ3v) is 5.91. The first-order chi connectivity index (χ1) is 15.8. The Labute approximate surface area is 197 Å². The van der Waals surface area contributed by atoms with Crippen LogP contribution < -0.4 is 4.74 Å². The molecule has 0 bridgehead atoms. The van der Waals surface area contributed by atoms with E-state index < -0.39 is 12.1 Å². The summed E-state index contributed by atoms with van der Waals surface area (Å²) in [5.74, 6) is -1.57. The molecule has 1 aromatic rings. The number of hydrogen-bond acceptors (Lipinski definition) is 5. The molecule has 0 saturated carbocycles. The third kappa shape index (κ3) is 7.34. The number of likely N-dealkylation sites (tertiary alicyclic amines) is 1. The van der Waals surface area contributed by atoms with E-state index in [1.54, 1.807) is 7.11 Å². The number of benzene rings is 1. The first-order valence-corrected chi connectivity index (χ1v) is 10.9. The molecule has 2 aliphatic heterocycles. The number of rotatable bonds is 4. The lowest BCUT2D eigenvalue weighted by Gasteiger charge is -2.34. The summed E-state index contributed by atoms with van der Waals surface area (Å²) in [5.41, 5.74) is 1.03. The largest absolute Gasteiger partial charge is 0.497 e. The van der Waals surface area contributed by atoms with Gasteiger partial charge in [-0.25, -0.2) is 4.79 Å². The Balaban J connectivity index is 0.000000509. The predicted molar refractivity (Wildman–Crippen MR) is 118 cm³/mol. The lowest BCUT2D eigenvalue weighted by Crippen LogP contribution is -2.45. The Morgan fingerprint density at radius 2 is 1.71 bits per heavy atom. The molecule has 2 aliphatic rings. The van der Waals surface area contributed by atoms with Gasteiger partial charge in [0.25, 0.3) is 0 Å². The number of methoxy groups -OCH3 is 1. The molecule has 2 heterocycles. The number of nitrogens with zero attached hydrogens (tertiary/aromatic N) is 3. The zero-order valence-corrected chi connectivity index (χ0v) is 19.9. The molecule has 0 aliphatic carbocycles. The number of halogens is 3. The minimum atomic E-state index is -5.08. The maximum Gasteiger partial charge on any atom is 0.490 e. The van der Waals surface area contributed by atoms with Crippen LogP contribution in [0.4, 0.5) is 13.2 Å². The lowest BCUT2D eigenvalue weighted by molar-refractivity contribution is -0.192. The van der Waals surface area contributed by atoms with Gasteiger partial charge in [-0.1, -0.05) is 26.0 Å². The Bertz CT molecular complexity index is 876. The molecule has 8 nitrogen and oxygen atoms in total. The molecule has 0 radical (unpaired) electrons. The lowest BCUT2D eigenvalue weighted by atomic mass is 9.85. The van der Waals surface area contributed by atoms with Crippen molar-refractivity contribution in [2.45, 2.75) is 33.0 Å². The fraction of sp³-hybridized carbons (Fsp3) is 0.609. The highest BCUT2D eigenvalue weighted by molar-refractivity contribution is 5.80. The molecule has 1 aromatic carbocycles. The van der Waals surface area contributed by atoms with Gasteiger partial charge in [0, 0.05) is 64.1 Å². The van der Waals surface area contributed by atoms with E-state index in [1.807, 2.05) is 42.8 Å². The van der Waals surface area contributed by atoms with Crippen molar-refractivity contribution in [2.75, 3.05) is 46.9 Å². The maximum absolute atomic E-state index is 12.7. The topological polar surface area (TPSA) is 90.4 Å². The zero-order valence-electron chi connectivity index (χ0n) is 19.9. The standard InChI is InChI=1S/C21H31N3O3.C2HF3O2/c1-16(2)20(26)24-10-9-23(12-17-5-7-18(27-4)8-6-17)14-21(15-24)11-19(25)22(3)13-21;3-2(4,5)1(6)7/h5-8,16H,9-15H2,1-4H3;(H,6,7). The van der Waals surface area contributed by atoms with Gasteiger partial charge in [-0.3, -0.25) is 14.5 Å². The van der Waals surface area contributed by atoms with Gasteiger partial charge in [0.05, 0.1) is 7.11 Å². The third-order valence-electron chi connectivity index (χ3n) is 5.91. The summed E-state index contributed by atoms with van der Waals surface area (Å²) >= 11 is 0. The van der Waals surface area contributed by atoms with E-state index in [4.69, 9.17) is 14.6 Å². The molecule has 1 unspecified atom stereocenters. The molecule has 2 fully saturated rings. The number of carbonyl (C=O) groups excluding carboxylic acids is 2. The molecular formula is C23H32F3N3O5. The smallest absolute Gasteiger partial charge is 0.490 e. The van der Waals surface area contributed by atoms with E-state index in [1.165, 1.54) is 5.56 Å². The molecule has 11 heteroatoms. The fourth-order valence-electron chi connectivity index (χ4n) is 4.34. The molecule has 1 N–H and O–H groups in total. The van der Waals surface area contributed by atoms with Gasteiger partial charge in [0.2, 0.25) is 11.8 Å². The van der Waals surface area contributed by atoms with Crippen molar-refractivity contribution in [1.82, 2.24) is 14.7 Å². The quantitative estimate of drug-likeness (QED) is 0.702. The van der Waals surface area contributed by atoms with Crippen LogP contribution in [0, 0.1) is 11.3 Å². The first kappa shape index (κ1) is 27.4. The molecule has 1 atom stereocenters. The molecular weight excluding hydrogens is 455 g/mol. The highest BCUT2D eigenvalue weighted by atomic mass is 19.4. The van der Waals surface area contributed by atoms with E-state index in [-0.39, 0.29) is 23.1 Å². The van der Waals surface area contributed by atoms with Crippen LogP contribution >= 0.6 is 0 Å². The van der Waals surface area contributed by atoms with Crippen molar-refractivity contribution in [1.29, 1.82) is 0 Å². The van der Waals surface area contributed by atoms with Gasteiger partial charge in [-0.15, -0.1) is 0 Å². The zero-order chi connectivity index (χ0) is 25.7. The monoisotopic (exact) mass is 487 g/mol. The SMILES string of the molecule is COc1ccc(CN2CCN(C(=O)C(C)C)CC3(CC(=O)N(C)C3)C2)cc1.O=C(O)C(F)(F)F. The van der Waals surface area contributed by atoms with E-state index in [9.17, 15) is 22.8 Å². The number of ether oxygens (including phenoxy) is 1. The predicted octanol–water partition coefficient (Wildman–Crippen LogP) is 2.48.